The molecule has 1 aromatic rings. The third kappa shape index (κ3) is 1.78. The van der Waals surface area contributed by atoms with Crippen molar-refractivity contribution in [2.75, 3.05) is 26.8 Å². The average Bonchev–Trinajstić information content (AvgIpc) is 2.68. The van der Waals surface area contributed by atoms with Crippen LogP contribution in [-0.4, -0.2) is 31.8 Å². The van der Waals surface area contributed by atoms with Gasteiger partial charge < -0.3 is 15.0 Å². The molecule has 16 heavy (non-hydrogen) atoms. The second-order valence-electron chi connectivity index (χ2n) is 5.14. The molecule has 2 N–H and O–H groups in total. The molecule has 3 nitrogen and oxygen atoms in total. The first-order valence-corrected chi connectivity index (χ1v) is 6.07. The summed E-state index contributed by atoms with van der Waals surface area (Å²) in [6.45, 7) is 7.33. The monoisotopic (exact) mass is 222 g/mol. The van der Waals surface area contributed by atoms with Crippen LogP contribution in [0, 0.1) is 11.8 Å². The van der Waals surface area contributed by atoms with E-state index >= 15 is 0 Å². The highest BCUT2D eigenvalue weighted by Gasteiger charge is 2.48. The summed E-state index contributed by atoms with van der Waals surface area (Å²) in [6, 6.07) is 4.26. The van der Waals surface area contributed by atoms with Crippen molar-refractivity contribution < 1.29 is 4.74 Å². The highest BCUT2D eigenvalue weighted by atomic mass is 16.5. The fourth-order valence-electron chi connectivity index (χ4n) is 2.82. The summed E-state index contributed by atoms with van der Waals surface area (Å²) in [7, 11) is 2.03. The van der Waals surface area contributed by atoms with E-state index in [4.69, 9.17) is 4.74 Å². The molecular weight excluding hydrogens is 200 g/mol. The maximum atomic E-state index is 5.49. The van der Waals surface area contributed by atoms with Crippen molar-refractivity contribution in [3.63, 3.8) is 0 Å². The summed E-state index contributed by atoms with van der Waals surface area (Å²) in [6.07, 6.45) is 2.01. The molecular formula is C13H22N2O. The summed E-state index contributed by atoms with van der Waals surface area (Å²) < 4.78 is 5.49. The molecule has 0 saturated carbocycles. The van der Waals surface area contributed by atoms with E-state index in [2.05, 4.69) is 36.3 Å². The van der Waals surface area contributed by atoms with Gasteiger partial charge in [0.2, 0.25) is 0 Å². The topological polar surface area (TPSA) is 37.0 Å². The minimum absolute atomic E-state index is 0.195. The second-order valence-corrected chi connectivity index (χ2v) is 5.14. The minimum Gasteiger partial charge on any atom is -0.379 e. The Balaban J connectivity index is 2.25. The molecule has 1 aromatic heterocycles. The molecule has 1 aliphatic rings. The van der Waals surface area contributed by atoms with Crippen molar-refractivity contribution in [2.24, 2.45) is 11.8 Å². The number of hydrogen-bond donors (Lipinski definition) is 2. The quantitative estimate of drug-likeness (QED) is 0.796. The van der Waals surface area contributed by atoms with Gasteiger partial charge in [-0.1, -0.05) is 13.8 Å². The van der Waals surface area contributed by atoms with Gasteiger partial charge >= 0.3 is 0 Å². The maximum Gasteiger partial charge on any atom is 0.0613 e. The molecule has 1 atom stereocenters. The first kappa shape index (κ1) is 11.7. The number of ether oxygens (including phenoxy) is 1. The van der Waals surface area contributed by atoms with E-state index in [9.17, 15) is 0 Å². The van der Waals surface area contributed by atoms with Crippen molar-refractivity contribution in [3.05, 3.63) is 24.0 Å². The number of H-pyrrole nitrogens is 1. The van der Waals surface area contributed by atoms with Gasteiger partial charge in [-0.15, -0.1) is 0 Å². The van der Waals surface area contributed by atoms with E-state index in [1.807, 2.05) is 13.2 Å². The molecule has 0 spiro atoms. The Hall–Kier alpha value is -0.800. The first-order valence-electron chi connectivity index (χ1n) is 6.07. The SMILES string of the molecule is CNCC(C(C)C)C1(c2ccc[nH]2)COC1. The van der Waals surface area contributed by atoms with E-state index in [1.54, 1.807) is 0 Å². The zero-order valence-electron chi connectivity index (χ0n) is 10.4. The van der Waals surface area contributed by atoms with Gasteiger partial charge in [0, 0.05) is 11.9 Å². The predicted molar refractivity (Wildman–Crippen MR) is 65.5 cm³/mol. The van der Waals surface area contributed by atoms with Crippen LogP contribution in [0.3, 0.4) is 0 Å². The third-order valence-electron chi connectivity index (χ3n) is 3.79. The largest absolute Gasteiger partial charge is 0.379 e. The van der Waals surface area contributed by atoms with Crippen molar-refractivity contribution in [2.45, 2.75) is 19.3 Å². The average molecular weight is 222 g/mol. The van der Waals surface area contributed by atoms with Gasteiger partial charge in [0.1, 0.15) is 0 Å². The molecule has 1 saturated heterocycles. The van der Waals surface area contributed by atoms with Crippen molar-refractivity contribution in [1.82, 2.24) is 10.3 Å². The maximum absolute atomic E-state index is 5.49. The summed E-state index contributed by atoms with van der Waals surface area (Å²) >= 11 is 0. The Bertz CT molecular complexity index is 315. The van der Waals surface area contributed by atoms with Crippen molar-refractivity contribution >= 4 is 0 Å². The molecule has 0 amide bonds. The normalized spacial score (nSPS) is 20.8. The van der Waals surface area contributed by atoms with Crippen LogP contribution >= 0.6 is 0 Å². The molecule has 0 bridgehead atoms. The summed E-state index contributed by atoms with van der Waals surface area (Å²) in [5, 5.41) is 3.32. The van der Waals surface area contributed by atoms with Gasteiger partial charge in [-0.3, -0.25) is 0 Å². The number of aromatic nitrogens is 1. The standard InChI is InChI=1S/C13H22N2O/c1-10(2)11(7-14-3)13(8-16-9-13)12-5-4-6-15-12/h4-6,10-11,14-15H,7-9H2,1-3H3. The van der Waals surface area contributed by atoms with Gasteiger partial charge in [-0.2, -0.15) is 0 Å². The van der Waals surface area contributed by atoms with E-state index in [1.165, 1.54) is 5.69 Å². The highest BCUT2D eigenvalue weighted by Crippen LogP contribution is 2.41. The van der Waals surface area contributed by atoms with Crippen LogP contribution in [0.25, 0.3) is 0 Å². The lowest BCUT2D eigenvalue weighted by molar-refractivity contribution is -0.101. The Kier molecular flexibility index (Phi) is 3.36. The van der Waals surface area contributed by atoms with Gasteiger partial charge in [0.05, 0.1) is 18.6 Å². The number of nitrogens with one attached hydrogen (secondary N) is 2. The predicted octanol–water partition coefficient (Wildman–Crippen LogP) is 1.77. The first-order chi connectivity index (χ1) is 7.70. The molecule has 1 unspecified atom stereocenters. The number of rotatable bonds is 5. The van der Waals surface area contributed by atoms with Crippen molar-refractivity contribution in [3.8, 4) is 0 Å². The van der Waals surface area contributed by atoms with E-state index in [0.717, 1.165) is 19.8 Å². The van der Waals surface area contributed by atoms with E-state index in [0.29, 0.717) is 11.8 Å². The number of hydrogen-bond acceptors (Lipinski definition) is 2. The highest BCUT2D eigenvalue weighted by molar-refractivity contribution is 5.23. The summed E-state index contributed by atoms with van der Waals surface area (Å²) in [4.78, 5) is 3.37. The molecule has 0 aliphatic carbocycles. The smallest absolute Gasteiger partial charge is 0.0613 e. The minimum atomic E-state index is 0.195. The Morgan fingerprint density at radius 2 is 2.25 bits per heavy atom. The van der Waals surface area contributed by atoms with Gasteiger partial charge in [-0.25, -0.2) is 0 Å². The molecule has 0 radical (unpaired) electrons. The lowest BCUT2D eigenvalue weighted by atomic mass is 9.66. The fourth-order valence-corrected chi connectivity index (χ4v) is 2.82. The van der Waals surface area contributed by atoms with Crippen LogP contribution in [0.15, 0.2) is 18.3 Å². The number of aromatic amines is 1. The third-order valence-corrected chi connectivity index (χ3v) is 3.79. The fraction of sp³-hybridized carbons (Fsp3) is 0.692. The molecule has 2 rings (SSSR count). The van der Waals surface area contributed by atoms with Crippen molar-refractivity contribution in [1.29, 1.82) is 0 Å². The van der Waals surface area contributed by atoms with E-state index in [-0.39, 0.29) is 5.41 Å². The molecule has 1 aliphatic heterocycles. The zero-order valence-corrected chi connectivity index (χ0v) is 10.4. The van der Waals surface area contributed by atoms with Crippen LogP contribution in [0.4, 0.5) is 0 Å². The van der Waals surface area contributed by atoms with Crippen LogP contribution in [0.2, 0.25) is 0 Å². The molecule has 1 fully saturated rings. The summed E-state index contributed by atoms with van der Waals surface area (Å²) in [5.74, 6) is 1.27. The van der Waals surface area contributed by atoms with Crippen LogP contribution < -0.4 is 5.32 Å². The Labute approximate surface area is 97.6 Å². The zero-order chi connectivity index (χ0) is 11.6. The lowest BCUT2D eigenvalue weighted by Gasteiger charge is -2.48. The lowest BCUT2D eigenvalue weighted by Crippen LogP contribution is -2.56. The van der Waals surface area contributed by atoms with Crippen LogP contribution in [-0.2, 0) is 10.2 Å². The van der Waals surface area contributed by atoms with Crippen LogP contribution in [0.5, 0.6) is 0 Å². The summed E-state index contributed by atoms with van der Waals surface area (Å²) in [5.41, 5.74) is 1.52. The Morgan fingerprint density at radius 1 is 1.50 bits per heavy atom. The van der Waals surface area contributed by atoms with E-state index < -0.39 is 0 Å². The van der Waals surface area contributed by atoms with Gasteiger partial charge in [-0.05, 0) is 37.6 Å². The van der Waals surface area contributed by atoms with Gasteiger partial charge in [0.15, 0.2) is 0 Å². The molecule has 90 valence electrons. The molecule has 2 heterocycles. The Morgan fingerprint density at radius 3 is 2.62 bits per heavy atom. The van der Waals surface area contributed by atoms with Gasteiger partial charge in [0.25, 0.3) is 0 Å². The molecule has 0 aromatic carbocycles. The van der Waals surface area contributed by atoms with Crippen LogP contribution in [0.1, 0.15) is 19.5 Å². The molecule has 3 heteroatoms. The second kappa shape index (κ2) is 4.60.